The Labute approximate surface area is 121 Å². The summed E-state index contributed by atoms with van der Waals surface area (Å²) in [7, 11) is 0. The van der Waals surface area contributed by atoms with Gasteiger partial charge in [-0.2, -0.15) is 13.2 Å². The van der Waals surface area contributed by atoms with Gasteiger partial charge in [-0.3, -0.25) is 0 Å². The van der Waals surface area contributed by atoms with E-state index in [1.165, 1.54) is 0 Å². The number of aromatic nitrogens is 3. The van der Waals surface area contributed by atoms with Gasteiger partial charge in [-0.15, -0.1) is 5.10 Å². The molecule has 5 nitrogen and oxygen atoms in total. The summed E-state index contributed by atoms with van der Waals surface area (Å²) in [6.07, 6.45) is -4.64. The van der Waals surface area contributed by atoms with Crippen molar-refractivity contribution in [1.82, 2.24) is 15.0 Å². The quantitative estimate of drug-likeness (QED) is 0.941. The van der Waals surface area contributed by atoms with E-state index < -0.39 is 24.4 Å². The molecule has 112 valence electrons. The lowest BCUT2D eigenvalue weighted by Crippen LogP contribution is -2.21. The summed E-state index contributed by atoms with van der Waals surface area (Å²) >= 11 is 5.94. The molecule has 2 aromatic rings. The number of carbonyl (C=O) groups is 1. The molecular formula is C12H9ClF3N3O2. The first-order valence-corrected chi connectivity index (χ1v) is 6.11. The van der Waals surface area contributed by atoms with E-state index in [0.717, 1.165) is 0 Å². The SMILES string of the molecule is O=C(O)c1nnn(CC(F)(F)F)c1Cc1ccccc1Cl. The fourth-order valence-electron chi connectivity index (χ4n) is 1.79. The van der Waals surface area contributed by atoms with Gasteiger partial charge in [0, 0.05) is 11.4 Å². The first-order valence-electron chi connectivity index (χ1n) is 5.74. The van der Waals surface area contributed by atoms with Gasteiger partial charge in [0.15, 0.2) is 5.69 Å². The molecule has 21 heavy (non-hydrogen) atoms. The molecule has 0 fully saturated rings. The van der Waals surface area contributed by atoms with Crippen molar-refractivity contribution < 1.29 is 23.1 Å². The van der Waals surface area contributed by atoms with Crippen molar-refractivity contribution in [3.05, 3.63) is 46.2 Å². The zero-order chi connectivity index (χ0) is 15.6. The summed E-state index contributed by atoms with van der Waals surface area (Å²) < 4.78 is 38.0. The molecule has 0 bridgehead atoms. The Bertz CT molecular complexity index is 670. The second kappa shape index (κ2) is 5.72. The Morgan fingerprint density at radius 3 is 2.57 bits per heavy atom. The Kier molecular flexibility index (Phi) is 4.17. The van der Waals surface area contributed by atoms with Gasteiger partial charge in [-0.1, -0.05) is 35.0 Å². The number of halogens is 4. The Morgan fingerprint density at radius 1 is 1.33 bits per heavy atom. The average molecular weight is 320 g/mol. The Morgan fingerprint density at radius 2 is 2.00 bits per heavy atom. The molecule has 2 rings (SSSR count). The van der Waals surface area contributed by atoms with Gasteiger partial charge < -0.3 is 5.11 Å². The molecule has 0 amide bonds. The molecule has 0 saturated carbocycles. The van der Waals surface area contributed by atoms with Gasteiger partial charge in [-0.25, -0.2) is 9.48 Å². The van der Waals surface area contributed by atoms with Crippen LogP contribution in [0.1, 0.15) is 21.7 Å². The van der Waals surface area contributed by atoms with E-state index in [4.69, 9.17) is 16.7 Å². The van der Waals surface area contributed by atoms with Crippen molar-refractivity contribution >= 4 is 17.6 Å². The van der Waals surface area contributed by atoms with Crippen LogP contribution in [0.4, 0.5) is 13.2 Å². The lowest BCUT2D eigenvalue weighted by atomic mass is 10.1. The van der Waals surface area contributed by atoms with Crippen LogP contribution >= 0.6 is 11.6 Å². The van der Waals surface area contributed by atoms with E-state index in [1.807, 2.05) is 0 Å². The second-order valence-electron chi connectivity index (χ2n) is 4.23. The van der Waals surface area contributed by atoms with Crippen LogP contribution in [0.25, 0.3) is 0 Å². The molecule has 1 aromatic heterocycles. The molecule has 1 heterocycles. The van der Waals surface area contributed by atoms with E-state index in [2.05, 4.69) is 10.3 Å². The van der Waals surface area contributed by atoms with Crippen LogP contribution in [0, 0.1) is 0 Å². The number of aromatic carboxylic acids is 1. The minimum absolute atomic E-state index is 0.107. The van der Waals surface area contributed by atoms with Crippen LogP contribution in [0.15, 0.2) is 24.3 Å². The molecule has 0 unspecified atom stereocenters. The molecule has 0 radical (unpaired) electrons. The van der Waals surface area contributed by atoms with Crippen molar-refractivity contribution in [2.75, 3.05) is 0 Å². The maximum Gasteiger partial charge on any atom is 0.408 e. The number of carboxylic acid groups (broad SMARTS) is 1. The number of benzene rings is 1. The van der Waals surface area contributed by atoms with Crippen LogP contribution in [0.5, 0.6) is 0 Å². The number of rotatable bonds is 4. The monoisotopic (exact) mass is 319 g/mol. The van der Waals surface area contributed by atoms with Crippen LogP contribution in [0.2, 0.25) is 5.02 Å². The molecule has 9 heteroatoms. The third-order valence-electron chi connectivity index (χ3n) is 2.68. The number of carboxylic acids is 1. The highest BCUT2D eigenvalue weighted by atomic mass is 35.5. The maximum absolute atomic E-state index is 12.5. The highest BCUT2D eigenvalue weighted by Gasteiger charge is 2.31. The topological polar surface area (TPSA) is 68.0 Å². The van der Waals surface area contributed by atoms with Crippen LogP contribution in [-0.2, 0) is 13.0 Å². The molecule has 0 aliphatic rings. The molecule has 0 aliphatic heterocycles. The molecular weight excluding hydrogens is 311 g/mol. The Hall–Kier alpha value is -2.09. The minimum Gasteiger partial charge on any atom is -0.476 e. The van der Waals surface area contributed by atoms with Gasteiger partial charge in [0.1, 0.15) is 6.54 Å². The number of hydrogen-bond acceptors (Lipinski definition) is 3. The first-order chi connectivity index (χ1) is 9.78. The van der Waals surface area contributed by atoms with Crippen molar-refractivity contribution in [3.63, 3.8) is 0 Å². The maximum atomic E-state index is 12.5. The van der Waals surface area contributed by atoms with Crippen molar-refractivity contribution in [2.24, 2.45) is 0 Å². The van der Waals surface area contributed by atoms with E-state index in [-0.39, 0.29) is 12.1 Å². The van der Waals surface area contributed by atoms with E-state index in [1.54, 1.807) is 24.3 Å². The fourth-order valence-corrected chi connectivity index (χ4v) is 2.00. The highest BCUT2D eigenvalue weighted by Crippen LogP contribution is 2.23. The summed E-state index contributed by atoms with van der Waals surface area (Å²) in [5.41, 5.74) is -0.167. The number of hydrogen-bond donors (Lipinski definition) is 1. The van der Waals surface area contributed by atoms with Crippen LogP contribution < -0.4 is 0 Å². The summed E-state index contributed by atoms with van der Waals surface area (Å²) in [5.74, 6) is -1.44. The molecule has 0 spiro atoms. The third-order valence-corrected chi connectivity index (χ3v) is 3.05. The van der Waals surface area contributed by atoms with Gasteiger partial charge in [0.2, 0.25) is 0 Å². The zero-order valence-electron chi connectivity index (χ0n) is 10.4. The average Bonchev–Trinajstić information content (AvgIpc) is 2.73. The number of nitrogens with zero attached hydrogens (tertiary/aromatic N) is 3. The lowest BCUT2D eigenvalue weighted by Gasteiger charge is -2.10. The van der Waals surface area contributed by atoms with E-state index in [0.29, 0.717) is 15.3 Å². The molecule has 0 saturated heterocycles. The third kappa shape index (κ3) is 3.72. The minimum atomic E-state index is -4.53. The van der Waals surface area contributed by atoms with E-state index >= 15 is 0 Å². The second-order valence-corrected chi connectivity index (χ2v) is 4.64. The molecule has 1 aromatic carbocycles. The van der Waals surface area contributed by atoms with Crippen molar-refractivity contribution in [1.29, 1.82) is 0 Å². The first kappa shape index (κ1) is 15.3. The Balaban J connectivity index is 2.42. The lowest BCUT2D eigenvalue weighted by molar-refractivity contribution is -0.143. The molecule has 0 atom stereocenters. The summed E-state index contributed by atoms with van der Waals surface area (Å²) in [4.78, 5) is 11.0. The van der Waals surface area contributed by atoms with Gasteiger partial charge in [0.05, 0.1) is 5.69 Å². The zero-order valence-corrected chi connectivity index (χ0v) is 11.2. The summed E-state index contributed by atoms with van der Waals surface area (Å²) in [6, 6.07) is 6.48. The smallest absolute Gasteiger partial charge is 0.408 e. The van der Waals surface area contributed by atoms with Crippen LogP contribution in [0.3, 0.4) is 0 Å². The largest absolute Gasteiger partial charge is 0.476 e. The normalized spacial score (nSPS) is 11.6. The van der Waals surface area contributed by atoms with Crippen molar-refractivity contribution in [3.8, 4) is 0 Å². The van der Waals surface area contributed by atoms with Gasteiger partial charge >= 0.3 is 12.1 Å². The standard InChI is InChI=1S/C12H9ClF3N3O2/c13-8-4-2-1-3-7(8)5-9-10(11(20)21)17-18-19(9)6-12(14,15)16/h1-4H,5-6H2,(H,20,21). The summed E-state index contributed by atoms with van der Waals surface area (Å²) in [5, 5.41) is 15.9. The number of alkyl halides is 3. The van der Waals surface area contributed by atoms with Gasteiger partial charge in [-0.05, 0) is 11.6 Å². The van der Waals surface area contributed by atoms with Crippen LogP contribution in [-0.4, -0.2) is 32.2 Å². The van der Waals surface area contributed by atoms with Gasteiger partial charge in [0.25, 0.3) is 0 Å². The predicted octanol–water partition coefficient (Wildman–Crippen LogP) is 2.78. The van der Waals surface area contributed by atoms with E-state index in [9.17, 15) is 18.0 Å². The predicted molar refractivity (Wildman–Crippen MR) is 67.3 cm³/mol. The summed E-state index contributed by atoms with van der Waals surface area (Å²) in [6.45, 7) is -1.41. The molecule has 0 aliphatic carbocycles. The van der Waals surface area contributed by atoms with Crippen molar-refractivity contribution in [2.45, 2.75) is 19.1 Å². The fraction of sp³-hybridized carbons (Fsp3) is 0.250. The highest BCUT2D eigenvalue weighted by molar-refractivity contribution is 6.31. The molecule has 1 N–H and O–H groups in total.